The van der Waals surface area contributed by atoms with E-state index in [9.17, 15) is 8.42 Å². The lowest BCUT2D eigenvalue weighted by atomic mass is 10.3. The van der Waals surface area contributed by atoms with Gasteiger partial charge in [0, 0.05) is 13.2 Å². The third-order valence-corrected chi connectivity index (χ3v) is 3.35. The second-order valence-corrected chi connectivity index (χ2v) is 6.59. The molecule has 0 aromatic heterocycles. The van der Waals surface area contributed by atoms with Crippen LogP contribution >= 0.6 is 0 Å². The SMILES string of the molecule is CC(C)OCCCCOS(=O)(=O)OCCCCOC(C)C. The summed E-state index contributed by atoms with van der Waals surface area (Å²) in [5.74, 6) is 0. The molecule has 6 nitrogen and oxygen atoms in total. The quantitative estimate of drug-likeness (QED) is 0.457. The minimum atomic E-state index is -3.87. The van der Waals surface area contributed by atoms with Gasteiger partial charge in [0.1, 0.15) is 0 Å². The molecule has 0 aliphatic carbocycles. The number of unbranched alkanes of at least 4 members (excludes halogenated alkanes) is 2. The number of hydrogen-bond donors (Lipinski definition) is 0. The van der Waals surface area contributed by atoms with Crippen LogP contribution in [-0.4, -0.2) is 47.1 Å². The highest BCUT2D eigenvalue weighted by Crippen LogP contribution is 2.03. The lowest BCUT2D eigenvalue weighted by molar-refractivity contribution is 0.0719. The Morgan fingerprint density at radius 1 is 0.667 bits per heavy atom. The van der Waals surface area contributed by atoms with Crippen molar-refractivity contribution < 1.29 is 26.3 Å². The first-order valence-corrected chi connectivity index (χ1v) is 8.94. The standard InChI is InChI=1S/C14H30O6S/c1-13(2)17-9-5-7-11-19-21(15,16)20-12-8-6-10-18-14(3)4/h13-14H,5-12H2,1-4H3. The van der Waals surface area contributed by atoms with E-state index in [1.54, 1.807) is 0 Å². The van der Waals surface area contributed by atoms with Gasteiger partial charge in [-0.1, -0.05) is 0 Å². The van der Waals surface area contributed by atoms with E-state index in [0.717, 1.165) is 12.8 Å². The molecule has 0 saturated carbocycles. The molecule has 0 spiro atoms. The van der Waals surface area contributed by atoms with Crippen LogP contribution in [0.5, 0.6) is 0 Å². The predicted octanol–water partition coefficient (Wildman–Crippen LogP) is 2.67. The summed E-state index contributed by atoms with van der Waals surface area (Å²) in [6.07, 6.45) is 3.16. The molecular formula is C14H30O6S. The van der Waals surface area contributed by atoms with Crippen molar-refractivity contribution in [3.05, 3.63) is 0 Å². The zero-order valence-corrected chi connectivity index (χ0v) is 14.5. The first-order chi connectivity index (χ1) is 9.83. The fraction of sp³-hybridized carbons (Fsp3) is 1.00. The van der Waals surface area contributed by atoms with Crippen molar-refractivity contribution in [3.8, 4) is 0 Å². The summed E-state index contributed by atoms with van der Waals surface area (Å²) in [4.78, 5) is 0. The van der Waals surface area contributed by atoms with Crippen LogP contribution in [-0.2, 0) is 28.2 Å². The lowest BCUT2D eigenvalue weighted by Gasteiger charge is -2.09. The van der Waals surface area contributed by atoms with E-state index < -0.39 is 10.4 Å². The summed E-state index contributed by atoms with van der Waals surface area (Å²) in [6, 6.07) is 0. The molecule has 0 unspecified atom stereocenters. The third-order valence-electron chi connectivity index (χ3n) is 2.44. The summed E-state index contributed by atoms with van der Waals surface area (Å²) in [6.45, 7) is 9.31. The summed E-state index contributed by atoms with van der Waals surface area (Å²) < 4.78 is 43.0. The molecule has 0 bridgehead atoms. The first kappa shape index (κ1) is 20.8. The summed E-state index contributed by atoms with van der Waals surface area (Å²) in [5, 5.41) is 0. The van der Waals surface area contributed by atoms with Crippen LogP contribution in [0.1, 0.15) is 53.4 Å². The lowest BCUT2D eigenvalue weighted by Crippen LogP contribution is -2.13. The first-order valence-electron chi connectivity index (χ1n) is 7.60. The molecule has 0 N–H and O–H groups in total. The van der Waals surface area contributed by atoms with Crippen LogP contribution in [0.2, 0.25) is 0 Å². The van der Waals surface area contributed by atoms with Crippen LogP contribution in [0.3, 0.4) is 0 Å². The van der Waals surface area contributed by atoms with Gasteiger partial charge in [-0.2, -0.15) is 8.42 Å². The van der Waals surface area contributed by atoms with E-state index in [1.165, 1.54) is 0 Å². The van der Waals surface area contributed by atoms with Gasteiger partial charge in [-0.15, -0.1) is 0 Å². The van der Waals surface area contributed by atoms with E-state index in [2.05, 4.69) is 0 Å². The van der Waals surface area contributed by atoms with Crippen LogP contribution in [0, 0.1) is 0 Å². The fourth-order valence-corrected chi connectivity index (χ4v) is 2.11. The van der Waals surface area contributed by atoms with E-state index in [-0.39, 0.29) is 25.4 Å². The Hall–Kier alpha value is -0.210. The molecule has 0 fully saturated rings. The summed E-state index contributed by atoms with van der Waals surface area (Å²) >= 11 is 0. The molecule has 0 atom stereocenters. The average molecular weight is 326 g/mol. The number of hydrogen-bond acceptors (Lipinski definition) is 6. The van der Waals surface area contributed by atoms with Crippen molar-refractivity contribution in [3.63, 3.8) is 0 Å². The normalized spacial score (nSPS) is 12.5. The predicted molar refractivity (Wildman–Crippen MR) is 81.5 cm³/mol. The Morgan fingerprint density at radius 3 is 1.33 bits per heavy atom. The Bertz CT molecular complexity index is 300. The van der Waals surface area contributed by atoms with E-state index in [1.807, 2.05) is 27.7 Å². The highest BCUT2D eigenvalue weighted by atomic mass is 32.3. The minimum Gasteiger partial charge on any atom is -0.379 e. The number of ether oxygens (including phenoxy) is 2. The molecule has 7 heteroatoms. The van der Waals surface area contributed by atoms with Gasteiger partial charge in [0.15, 0.2) is 0 Å². The maximum absolute atomic E-state index is 11.4. The van der Waals surface area contributed by atoms with Gasteiger partial charge in [0.05, 0.1) is 25.4 Å². The van der Waals surface area contributed by atoms with Crippen LogP contribution in [0.25, 0.3) is 0 Å². The van der Waals surface area contributed by atoms with Crippen LogP contribution in [0.4, 0.5) is 0 Å². The smallest absolute Gasteiger partial charge is 0.379 e. The molecule has 0 aromatic rings. The van der Waals surface area contributed by atoms with Gasteiger partial charge in [-0.25, -0.2) is 8.37 Å². The Morgan fingerprint density at radius 2 is 1.00 bits per heavy atom. The molecule has 0 saturated heterocycles. The third kappa shape index (κ3) is 16.0. The molecule has 0 heterocycles. The zero-order chi connectivity index (χ0) is 16.1. The molecule has 0 aromatic carbocycles. The van der Waals surface area contributed by atoms with Crippen LogP contribution in [0.15, 0.2) is 0 Å². The fourth-order valence-electron chi connectivity index (χ4n) is 1.40. The zero-order valence-electron chi connectivity index (χ0n) is 13.7. The Labute approximate surface area is 129 Å². The van der Waals surface area contributed by atoms with Gasteiger partial charge in [0.2, 0.25) is 0 Å². The highest BCUT2D eigenvalue weighted by Gasteiger charge is 2.11. The van der Waals surface area contributed by atoms with Crippen LogP contribution < -0.4 is 0 Å². The van der Waals surface area contributed by atoms with Gasteiger partial charge in [-0.3, -0.25) is 0 Å². The Balaban J connectivity index is 3.48. The summed E-state index contributed by atoms with van der Waals surface area (Å²) in [5.41, 5.74) is 0. The van der Waals surface area contributed by atoms with Crippen molar-refractivity contribution in [1.82, 2.24) is 0 Å². The molecule has 21 heavy (non-hydrogen) atoms. The Kier molecular flexibility index (Phi) is 12.2. The van der Waals surface area contributed by atoms with Crippen molar-refractivity contribution >= 4 is 10.4 Å². The van der Waals surface area contributed by atoms with E-state index >= 15 is 0 Å². The molecule has 0 rings (SSSR count). The molecule has 128 valence electrons. The van der Waals surface area contributed by atoms with E-state index in [0.29, 0.717) is 26.1 Å². The molecular weight excluding hydrogens is 296 g/mol. The molecule has 0 aliphatic heterocycles. The summed E-state index contributed by atoms with van der Waals surface area (Å²) in [7, 11) is -3.87. The van der Waals surface area contributed by atoms with Gasteiger partial charge in [0.25, 0.3) is 0 Å². The van der Waals surface area contributed by atoms with Gasteiger partial charge < -0.3 is 9.47 Å². The largest absolute Gasteiger partial charge is 0.399 e. The van der Waals surface area contributed by atoms with Crippen molar-refractivity contribution in [2.24, 2.45) is 0 Å². The second-order valence-electron chi connectivity index (χ2n) is 5.31. The maximum atomic E-state index is 11.4. The average Bonchev–Trinajstić information content (AvgIpc) is 2.37. The van der Waals surface area contributed by atoms with Crippen molar-refractivity contribution in [1.29, 1.82) is 0 Å². The van der Waals surface area contributed by atoms with Gasteiger partial charge in [-0.05, 0) is 53.4 Å². The minimum absolute atomic E-state index is 0.125. The number of rotatable bonds is 14. The van der Waals surface area contributed by atoms with Crippen molar-refractivity contribution in [2.45, 2.75) is 65.6 Å². The monoisotopic (exact) mass is 326 g/mol. The maximum Gasteiger partial charge on any atom is 0.399 e. The van der Waals surface area contributed by atoms with Gasteiger partial charge >= 0.3 is 10.4 Å². The molecule has 0 amide bonds. The molecule has 0 aliphatic rings. The van der Waals surface area contributed by atoms with Crippen molar-refractivity contribution in [2.75, 3.05) is 26.4 Å². The molecule has 0 radical (unpaired) electrons. The van der Waals surface area contributed by atoms with E-state index in [4.69, 9.17) is 17.8 Å². The second kappa shape index (κ2) is 12.3. The topological polar surface area (TPSA) is 71.1 Å². The highest BCUT2D eigenvalue weighted by molar-refractivity contribution is 7.81.